The predicted octanol–water partition coefficient (Wildman–Crippen LogP) is 5.47. The number of nitrogens with zero attached hydrogens (tertiary/aromatic N) is 2. The summed E-state index contributed by atoms with van der Waals surface area (Å²) in [6, 6.07) is 18.1. The van der Waals surface area contributed by atoms with Crippen molar-refractivity contribution in [3.05, 3.63) is 66.4 Å². The summed E-state index contributed by atoms with van der Waals surface area (Å²) < 4.78 is 2.14. The summed E-state index contributed by atoms with van der Waals surface area (Å²) in [5.41, 5.74) is 3.56. The first kappa shape index (κ1) is 15.7. The van der Waals surface area contributed by atoms with Crippen LogP contribution in [-0.2, 0) is 6.42 Å². The fourth-order valence-corrected chi connectivity index (χ4v) is 3.51. The highest BCUT2D eigenvalue weighted by Crippen LogP contribution is 2.33. The van der Waals surface area contributed by atoms with Gasteiger partial charge in [-0.2, -0.15) is 0 Å². The van der Waals surface area contributed by atoms with E-state index in [0.717, 1.165) is 28.7 Å². The Labute approximate surface area is 147 Å². The average molecular weight is 330 g/mol. The number of aromatic hydroxyl groups is 1. The van der Waals surface area contributed by atoms with Crippen molar-refractivity contribution in [3.63, 3.8) is 0 Å². The SMILES string of the molecule is CC(C)(C)Cc1ccnc(-n2c3ccccc3c3ccc(O)cc32)c1. The molecular formula is C22H22N2O. The first-order chi connectivity index (χ1) is 11.9. The van der Waals surface area contributed by atoms with Crippen LogP contribution in [0.2, 0.25) is 0 Å². The number of pyridine rings is 1. The minimum absolute atomic E-state index is 0.220. The van der Waals surface area contributed by atoms with E-state index in [1.807, 2.05) is 30.5 Å². The maximum atomic E-state index is 10.0. The topological polar surface area (TPSA) is 38.0 Å². The van der Waals surface area contributed by atoms with E-state index in [4.69, 9.17) is 0 Å². The van der Waals surface area contributed by atoms with Crippen molar-refractivity contribution < 1.29 is 5.11 Å². The monoisotopic (exact) mass is 330 g/mol. The molecule has 2 heterocycles. The third kappa shape index (κ3) is 2.86. The highest BCUT2D eigenvalue weighted by molar-refractivity contribution is 6.09. The molecule has 0 unspecified atom stereocenters. The van der Waals surface area contributed by atoms with Gasteiger partial charge in [-0.1, -0.05) is 39.0 Å². The molecule has 0 amide bonds. The van der Waals surface area contributed by atoms with Crippen molar-refractivity contribution in [1.29, 1.82) is 0 Å². The van der Waals surface area contributed by atoms with E-state index in [-0.39, 0.29) is 11.2 Å². The van der Waals surface area contributed by atoms with Gasteiger partial charge in [-0.05, 0) is 47.7 Å². The quantitative estimate of drug-likeness (QED) is 0.529. The lowest BCUT2D eigenvalue weighted by molar-refractivity contribution is 0.411. The molecule has 126 valence electrons. The van der Waals surface area contributed by atoms with Crippen molar-refractivity contribution in [2.24, 2.45) is 5.41 Å². The summed E-state index contributed by atoms with van der Waals surface area (Å²) in [4.78, 5) is 4.62. The lowest BCUT2D eigenvalue weighted by Crippen LogP contribution is -2.10. The van der Waals surface area contributed by atoms with Crippen LogP contribution in [0, 0.1) is 5.41 Å². The molecule has 4 aromatic rings. The standard InChI is InChI=1S/C22H22N2O/c1-22(2,3)14-15-10-11-23-21(12-15)24-19-7-5-4-6-17(19)18-9-8-16(25)13-20(18)24/h4-13,25H,14H2,1-3H3. The summed E-state index contributed by atoms with van der Waals surface area (Å²) in [7, 11) is 0. The number of para-hydroxylation sites is 1. The van der Waals surface area contributed by atoms with Crippen molar-refractivity contribution in [2.45, 2.75) is 27.2 Å². The zero-order valence-corrected chi connectivity index (χ0v) is 14.8. The summed E-state index contributed by atoms with van der Waals surface area (Å²) >= 11 is 0. The number of hydrogen-bond acceptors (Lipinski definition) is 2. The van der Waals surface area contributed by atoms with Crippen LogP contribution in [0.15, 0.2) is 60.8 Å². The Morgan fingerprint density at radius 2 is 1.68 bits per heavy atom. The third-order valence-electron chi connectivity index (χ3n) is 4.43. The van der Waals surface area contributed by atoms with E-state index in [9.17, 15) is 5.11 Å². The molecule has 4 rings (SSSR count). The number of benzene rings is 2. The molecule has 2 aromatic heterocycles. The Kier molecular flexibility index (Phi) is 3.53. The van der Waals surface area contributed by atoms with Gasteiger partial charge in [0.25, 0.3) is 0 Å². The van der Waals surface area contributed by atoms with Gasteiger partial charge in [-0.3, -0.25) is 4.57 Å². The van der Waals surface area contributed by atoms with Crippen LogP contribution in [0.1, 0.15) is 26.3 Å². The van der Waals surface area contributed by atoms with Gasteiger partial charge in [-0.15, -0.1) is 0 Å². The molecule has 0 radical (unpaired) electrons. The Morgan fingerprint density at radius 1 is 0.920 bits per heavy atom. The molecule has 3 heteroatoms. The van der Waals surface area contributed by atoms with Gasteiger partial charge in [0.15, 0.2) is 0 Å². The Morgan fingerprint density at radius 3 is 2.48 bits per heavy atom. The third-order valence-corrected chi connectivity index (χ3v) is 4.43. The van der Waals surface area contributed by atoms with Crippen LogP contribution in [0.4, 0.5) is 0 Å². The number of phenolic OH excluding ortho intramolecular Hbond substituents is 1. The zero-order chi connectivity index (χ0) is 17.6. The minimum atomic E-state index is 0.220. The van der Waals surface area contributed by atoms with Crippen LogP contribution >= 0.6 is 0 Å². The lowest BCUT2D eigenvalue weighted by Gasteiger charge is -2.18. The Balaban J connectivity index is 2.00. The van der Waals surface area contributed by atoms with Crippen LogP contribution in [0.5, 0.6) is 5.75 Å². The maximum Gasteiger partial charge on any atom is 0.137 e. The van der Waals surface area contributed by atoms with Gasteiger partial charge in [0.1, 0.15) is 11.6 Å². The predicted molar refractivity (Wildman–Crippen MR) is 103 cm³/mol. The number of fused-ring (bicyclic) bond motifs is 3. The summed E-state index contributed by atoms with van der Waals surface area (Å²) in [6.45, 7) is 6.72. The second-order valence-corrected chi connectivity index (χ2v) is 7.81. The number of hydrogen-bond donors (Lipinski definition) is 1. The van der Waals surface area contributed by atoms with Crippen LogP contribution in [0.25, 0.3) is 27.6 Å². The Hall–Kier alpha value is -2.81. The van der Waals surface area contributed by atoms with E-state index in [0.29, 0.717) is 0 Å². The summed E-state index contributed by atoms with van der Waals surface area (Å²) in [6.07, 6.45) is 2.87. The van der Waals surface area contributed by atoms with Gasteiger partial charge in [0.2, 0.25) is 0 Å². The van der Waals surface area contributed by atoms with Gasteiger partial charge in [0, 0.05) is 23.0 Å². The first-order valence-corrected chi connectivity index (χ1v) is 8.60. The van der Waals surface area contributed by atoms with E-state index in [1.54, 1.807) is 6.07 Å². The number of rotatable bonds is 2. The van der Waals surface area contributed by atoms with Gasteiger partial charge < -0.3 is 5.11 Å². The van der Waals surface area contributed by atoms with Crippen LogP contribution < -0.4 is 0 Å². The van der Waals surface area contributed by atoms with E-state index < -0.39 is 0 Å². The molecule has 0 aliphatic carbocycles. The van der Waals surface area contributed by atoms with Crippen molar-refractivity contribution in [2.75, 3.05) is 0 Å². The molecule has 0 aliphatic heterocycles. The molecule has 1 N–H and O–H groups in total. The van der Waals surface area contributed by atoms with Gasteiger partial charge in [0.05, 0.1) is 11.0 Å². The van der Waals surface area contributed by atoms with Crippen molar-refractivity contribution in [3.8, 4) is 11.6 Å². The first-order valence-electron chi connectivity index (χ1n) is 8.60. The Bertz CT molecular complexity index is 1070. The molecule has 0 bridgehead atoms. The number of phenols is 1. The lowest BCUT2D eigenvalue weighted by atomic mass is 9.88. The highest BCUT2D eigenvalue weighted by atomic mass is 16.3. The molecule has 25 heavy (non-hydrogen) atoms. The molecular weight excluding hydrogens is 308 g/mol. The largest absolute Gasteiger partial charge is 0.508 e. The minimum Gasteiger partial charge on any atom is -0.508 e. The maximum absolute atomic E-state index is 10.0. The highest BCUT2D eigenvalue weighted by Gasteiger charge is 2.15. The fourth-order valence-electron chi connectivity index (χ4n) is 3.51. The van der Waals surface area contributed by atoms with E-state index in [1.165, 1.54) is 10.9 Å². The molecule has 0 fully saturated rings. The van der Waals surface area contributed by atoms with Crippen molar-refractivity contribution >= 4 is 21.8 Å². The van der Waals surface area contributed by atoms with Crippen molar-refractivity contribution in [1.82, 2.24) is 9.55 Å². The molecule has 0 saturated heterocycles. The second kappa shape index (κ2) is 5.62. The number of aromatic nitrogens is 2. The van der Waals surface area contributed by atoms with Crippen LogP contribution in [-0.4, -0.2) is 14.7 Å². The molecule has 0 atom stereocenters. The normalized spacial score (nSPS) is 12.1. The fraction of sp³-hybridized carbons (Fsp3) is 0.227. The van der Waals surface area contributed by atoms with Crippen LogP contribution in [0.3, 0.4) is 0 Å². The van der Waals surface area contributed by atoms with Gasteiger partial charge in [-0.25, -0.2) is 4.98 Å². The average Bonchev–Trinajstić information content (AvgIpc) is 2.87. The molecule has 0 spiro atoms. The summed E-state index contributed by atoms with van der Waals surface area (Å²) in [5.74, 6) is 1.15. The van der Waals surface area contributed by atoms with E-state index in [2.05, 4.69) is 54.6 Å². The smallest absolute Gasteiger partial charge is 0.137 e. The van der Waals surface area contributed by atoms with E-state index >= 15 is 0 Å². The summed E-state index contributed by atoms with van der Waals surface area (Å²) in [5, 5.41) is 12.3. The molecule has 0 aliphatic rings. The van der Waals surface area contributed by atoms with Gasteiger partial charge >= 0.3 is 0 Å². The molecule has 3 nitrogen and oxygen atoms in total. The zero-order valence-electron chi connectivity index (χ0n) is 14.8. The molecule has 0 saturated carbocycles. The molecule has 2 aromatic carbocycles. The second-order valence-electron chi connectivity index (χ2n) is 7.81.